The molecule has 1 N–H and O–H groups in total. The first-order chi connectivity index (χ1) is 13.0. The van der Waals surface area contributed by atoms with E-state index in [2.05, 4.69) is 10.1 Å². The summed E-state index contributed by atoms with van der Waals surface area (Å²) in [7, 11) is 1.59. The van der Waals surface area contributed by atoms with E-state index in [4.69, 9.17) is 9.47 Å². The number of hydrogen-bond donors (Lipinski definition) is 1. The maximum atomic E-state index is 12.4. The Morgan fingerprint density at radius 2 is 1.89 bits per heavy atom. The van der Waals surface area contributed by atoms with Crippen molar-refractivity contribution in [3.05, 3.63) is 59.7 Å². The molecule has 2 rings (SSSR count). The van der Waals surface area contributed by atoms with E-state index >= 15 is 0 Å². The van der Waals surface area contributed by atoms with Crippen molar-refractivity contribution in [2.45, 2.75) is 20.1 Å². The smallest absolute Gasteiger partial charge is 0.387 e. The van der Waals surface area contributed by atoms with E-state index in [0.717, 1.165) is 11.3 Å². The second-order valence-corrected chi connectivity index (χ2v) is 5.42. The van der Waals surface area contributed by atoms with Crippen LogP contribution in [0.5, 0.6) is 17.2 Å². The van der Waals surface area contributed by atoms with Gasteiger partial charge in [-0.2, -0.15) is 8.78 Å². The largest absolute Gasteiger partial charge is 0.497 e. The molecule has 144 valence electrons. The Balaban J connectivity index is 1.96. The van der Waals surface area contributed by atoms with Crippen molar-refractivity contribution in [1.29, 1.82) is 0 Å². The van der Waals surface area contributed by atoms with Crippen molar-refractivity contribution in [3.63, 3.8) is 0 Å². The third-order valence-electron chi connectivity index (χ3n) is 3.54. The standard InChI is InChI=1S/C20H21F2NO4/c1-3-26-18-12-14(6-10-17(18)27-20(21)22)7-11-19(24)23-13-15-4-8-16(25-2)9-5-15/h4-12,20H,3,13H2,1-2H3,(H,23,24)/b11-7+. The summed E-state index contributed by atoms with van der Waals surface area (Å²) in [5.41, 5.74) is 1.56. The van der Waals surface area contributed by atoms with Gasteiger partial charge in [-0.15, -0.1) is 0 Å². The third-order valence-corrected chi connectivity index (χ3v) is 3.54. The Hall–Kier alpha value is -3.09. The van der Waals surface area contributed by atoms with Crippen LogP contribution < -0.4 is 19.5 Å². The lowest BCUT2D eigenvalue weighted by Crippen LogP contribution is -2.20. The SMILES string of the molecule is CCOc1cc(/C=C/C(=O)NCc2ccc(OC)cc2)ccc1OC(F)F. The molecule has 0 radical (unpaired) electrons. The monoisotopic (exact) mass is 377 g/mol. The van der Waals surface area contributed by atoms with Crippen LogP contribution in [0.2, 0.25) is 0 Å². The summed E-state index contributed by atoms with van der Waals surface area (Å²) in [5, 5.41) is 2.76. The van der Waals surface area contributed by atoms with Crippen molar-refractivity contribution in [3.8, 4) is 17.2 Å². The fraction of sp³-hybridized carbons (Fsp3) is 0.250. The van der Waals surface area contributed by atoms with E-state index in [-0.39, 0.29) is 17.4 Å². The van der Waals surface area contributed by atoms with Crippen molar-refractivity contribution in [2.24, 2.45) is 0 Å². The van der Waals surface area contributed by atoms with Crippen molar-refractivity contribution < 1.29 is 27.8 Å². The van der Waals surface area contributed by atoms with Gasteiger partial charge < -0.3 is 19.5 Å². The zero-order valence-corrected chi connectivity index (χ0v) is 15.1. The fourth-order valence-electron chi connectivity index (χ4n) is 2.25. The quantitative estimate of drug-likeness (QED) is 0.671. The number of benzene rings is 2. The van der Waals surface area contributed by atoms with Gasteiger partial charge in [0.15, 0.2) is 11.5 Å². The first kappa shape index (κ1) is 20.2. The molecule has 5 nitrogen and oxygen atoms in total. The predicted molar refractivity (Wildman–Crippen MR) is 98.1 cm³/mol. The lowest BCUT2D eigenvalue weighted by molar-refractivity contribution is -0.116. The minimum atomic E-state index is -2.94. The first-order valence-electron chi connectivity index (χ1n) is 8.32. The minimum absolute atomic E-state index is 0.0482. The average molecular weight is 377 g/mol. The molecular formula is C20H21F2NO4. The highest BCUT2D eigenvalue weighted by Crippen LogP contribution is 2.30. The summed E-state index contributed by atoms with van der Waals surface area (Å²) < 4.78 is 39.6. The summed E-state index contributed by atoms with van der Waals surface area (Å²) in [4.78, 5) is 12.0. The number of carbonyl (C=O) groups excluding carboxylic acids is 1. The van der Waals surface area contributed by atoms with Gasteiger partial charge in [0.25, 0.3) is 0 Å². The van der Waals surface area contributed by atoms with Crippen LogP contribution >= 0.6 is 0 Å². The number of carbonyl (C=O) groups is 1. The summed E-state index contributed by atoms with van der Waals surface area (Å²) in [6.45, 7) is -0.524. The van der Waals surface area contributed by atoms with Crippen LogP contribution in [-0.2, 0) is 11.3 Å². The molecule has 0 spiro atoms. The molecule has 7 heteroatoms. The minimum Gasteiger partial charge on any atom is -0.497 e. The molecule has 0 aromatic heterocycles. The zero-order chi connectivity index (χ0) is 19.6. The van der Waals surface area contributed by atoms with E-state index < -0.39 is 6.61 Å². The number of nitrogens with one attached hydrogen (secondary N) is 1. The summed E-state index contributed by atoms with van der Waals surface area (Å²) >= 11 is 0. The van der Waals surface area contributed by atoms with E-state index in [9.17, 15) is 13.6 Å². The maximum absolute atomic E-state index is 12.4. The predicted octanol–water partition coefficient (Wildman–Crippen LogP) is 4.02. The highest BCUT2D eigenvalue weighted by molar-refractivity contribution is 5.91. The van der Waals surface area contributed by atoms with E-state index in [1.165, 1.54) is 18.2 Å². The number of methoxy groups -OCH3 is 1. The van der Waals surface area contributed by atoms with E-state index in [1.807, 2.05) is 24.3 Å². The molecule has 0 aliphatic rings. The normalized spacial score (nSPS) is 10.9. The molecule has 0 saturated carbocycles. The van der Waals surface area contributed by atoms with Gasteiger partial charge in [-0.25, -0.2) is 0 Å². The van der Waals surface area contributed by atoms with Gasteiger partial charge in [0.1, 0.15) is 5.75 Å². The number of amides is 1. The van der Waals surface area contributed by atoms with E-state index in [0.29, 0.717) is 18.7 Å². The maximum Gasteiger partial charge on any atom is 0.387 e. The van der Waals surface area contributed by atoms with Gasteiger partial charge in [0.2, 0.25) is 5.91 Å². The van der Waals surface area contributed by atoms with Gasteiger partial charge in [-0.3, -0.25) is 4.79 Å². The molecular weight excluding hydrogens is 356 g/mol. The zero-order valence-electron chi connectivity index (χ0n) is 15.1. The molecule has 0 heterocycles. The summed E-state index contributed by atoms with van der Waals surface area (Å²) in [5.74, 6) is 0.609. The number of ether oxygens (including phenoxy) is 3. The Kier molecular flexibility index (Phi) is 7.61. The van der Waals surface area contributed by atoms with Crippen LogP contribution in [0.1, 0.15) is 18.1 Å². The van der Waals surface area contributed by atoms with Gasteiger partial charge in [0, 0.05) is 12.6 Å². The number of halogens is 2. The lowest BCUT2D eigenvalue weighted by atomic mass is 10.2. The third kappa shape index (κ3) is 6.62. The molecule has 0 bridgehead atoms. The number of rotatable bonds is 9. The van der Waals surface area contributed by atoms with Gasteiger partial charge in [0.05, 0.1) is 13.7 Å². The molecule has 0 aliphatic heterocycles. The van der Waals surface area contributed by atoms with Crippen LogP contribution in [-0.4, -0.2) is 26.2 Å². The first-order valence-corrected chi connectivity index (χ1v) is 8.32. The Morgan fingerprint density at radius 3 is 2.52 bits per heavy atom. The van der Waals surface area contributed by atoms with Crippen LogP contribution in [0, 0.1) is 0 Å². The Morgan fingerprint density at radius 1 is 1.15 bits per heavy atom. The highest BCUT2D eigenvalue weighted by atomic mass is 19.3. The molecule has 1 amide bonds. The number of hydrogen-bond acceptors (Lipinski definition) is 4. The van der Waals surface area contributed by atoms with Crippen LogP contribution in [0.25, 0.3) is 6.08 Å². The van der Waals surface area contributed by atoms with Crippen LogP contribution in [0.15, 0.2) is 48.5 Å². The molecule has 0 fully saturated rings. The molecule has 0 unspecified atom stereocenters. The fourth-order valence-corrected chi connectivity index (χ4v) is 2.25. The Bertz CT molecular complexity index is 776. The average Bonchev–Trinajstić information content (AvgIpc) is 2.66. The van der Waals surface area contributed by atoms with Crippen LogP contribution in [0.4, 0.5) is 8.78 Å². The molecule has 0 aliphatic carbocycles. The molecule has 0 atom stereocenters. The van der Waals surface area contributed by atoms with Gasteiger partial charge >= 0.3 is 6.61 Å². The molecule has 27 heavy (non-hydrogen) atoms. The molecule has 2 aromatic carbocycles. The second-order valence-electron chi connectivity index (χ2n) is 5.42. The van der Waals surface area contributed by atoms with Crippen LogP contribution in [0.3, 0.4) is 0 Å². The molecule has 2 aromatic rings. The lowest BCUT2D eigenvalue weighted by Gasteiger charge is -2.11. The van der Waals surface area contributed by atoms with Crippen molar-refractivity contribution in [2.75, 3.05) is 13.7 Å². The number of alkyl halides is 2. The topological polar surface area (TPSA) is 56.8 Å². The second kappa shape index (κ2) is 10.2. The van der Waals surface area contributed by atoms with Crippen molar-refractivity contribution in [1.82, 2.24) is 5.32 Å². The van der Waals surface area contributed by atoms with Gasteiger partial charge in [-0.05, 0) is 48.4 Å². The Labute approximate surface area is 156 Å². The van der Waals surface area contributed by atoms with Gasteiger partial charge in [-0.1, -0.05) is 18.2 Å². The summed E-state index contributed by atoms with van der Waals surface area (Å²) in [6, 6.07) is 11.8. The van der Waals surface area contributed by atoms with E-state index in [1.54, 1.807) is 26.2 Å². The van der Waals surface area contributed by atoms with Crippen molar-refractivity contribution >= 4 is 12.0 Å². The molecule has 0 saturated heterocycles. The highest BCUT2D eigenvalue weighted by Gasteiger charge is 2.11. The summed E-state index contributed by atoms with van der Waals surface area (Å²) in [6.07, 6.45) is 2.93.